The fourth-order valence-corrected chi connectivity index (χ4v) is 1.83. The van der Waals surface area contributed by atoms with Gasteiger partial charge in [0.2, 0.25) is 5.91 Å². The molecule has 1 saturated carbocycles. The number of hydrogen-bond donors (Lipinski definition) is 2. The van der Waals surface area contributed by atoms with Crippen LogP contribution in [0.3, 0.4) is 0 Å². The van der Waals surface area contributed by atoms with Gasteiger partial charge in [-0.1, -0.05) is 6.92 Å². The average molecular weight is 241 g/mol. The zero-order chi connectivity index (χ0) is 12.8. The van der Waals surface area contributed by atoms with Crippen LogP contribution in [0.15, 0.2) is 0 Å². The molecule has 17 heavy (non-hydrogen) atoms. The van der Waals surface area contributed by atoms with E-state index in [1.165, 1.54) is 12.8 Å². The quantitative estimate of drug-likeness (QED) is 0.665. The number of nitrogens with zero attached hydrogens (tertiary/aromatic N) is 1. The van der Waals surface area contributed by atoms with E-state index in [2.05, 4.69) is 36.4 Å². The monoisotopic (exact) mass is 241 g/mol. The lowest BCUT2D eigenvalue weighted by molar-refractivity contribution is -0.122. The molecule has 100 valence electrons. The van der Waals surface area contributed by atoms with E-state index in [0.717, 1.165) is 25.6 Å². The Balaban J connectivity index is 2.17. The van der Waals surface area contributed by atoms with Crippen LogP contribution in [-0.2, 0) is 4.79 Å². The first-order chi connectivity index (χ1) is 8.06. The number of carbonyl (C=O) groups is 1. The summed E-state index contributed by atoms with van der Waals surface area (Å²) in [5.74, 6) is 0.105. The molecule has 0 radical (unpaired) electrons. The molecule has 0 bridgehead atoms. The van der Waals surface area contributed by atoms with Gasteiger partial charge in [0.1, 0.15) is 0 Å². The summed E-state index contributed by atoms with van der Waals surface area (Å²) in [6.07, 6.45) is 3.64. The zero-order valence-electron chi connectivity index (χ0n) is 11.6. The molecule has 0 aromatic rings. The molecule has 1 aliphatic rings. The minimum atomic E-state index is -0.100. The van der Waals surface area contributed by atoms with E-state index >= 15 is 0 Å². The van der Waals surface area contributed by atoms with Crippen molar-refractivity contribution < 1.29 is 4.79 Å². The van der Waals surface area contributed by atoms with E-state index in [1.807, 2.05) is 6.92 Å². The van der Waals surface area contributed by atoms with Crippen LogP contribution < -0.4 is 10.6 Å². The van der Waals surface area contributed by atoms with Crippen molar-refractivity contribution in [3.63, 3.8) is 0 Å². The van der Waals surface area contributed by atoms with Crippen LogP contribution in [0.4, 0.5) is 0 Å². The van der Waals surface area contributed by atoms with E-state index in [-0.39, 0.29) is 11.9 Å². The molecule has 0 aromatic carbocycles. The van der Waals surface area contributed by atoms with Gasteiger partial charge in [0.15, 0.2) is 0 Å². The Hall–Kier alpha value is -0.610. The number of carbonyl (C=O) groups excluding carboxylic acids is 1. The van der Waals surface area contributed by atoms with Gasteiger partial charge in [0.25, 0.3) is 0 Å². The number of hydrogen-bond acceptors (Lipinski definition) is 3. The summed E-state index contributed by atoms with van der Waals surface area (Å²) >= 11 is 0. The minimum absolute atomic E-state index is 0.100. The van der Waals surface area contributed by atoms with E-state index < -0.39 is 0 Å². The molecule has 0 saturated heterocycles. The third-order valence-electron chi connectivity index (χ3n) is 3.48. The highest BCUT2D eigenvalue weighted by atomic mass is 16.2. The fourth-order valence-electron chi connectivity index (χ4n) is 1.83. The highest BCUT2D eigenvalue weighted by Crippen LogP contribution is 2.26. The third kappa shape index (κ3) is 5.04. The molecule has 0 aromatic heterocycles. The summed E-state index contributed by atoms with van der Waals surface area (Å²) in [5, 5.41) is 6.21. The molecular weight excluding hydrogens is 214 g/mol. The number of amides is 1. The van der Waals surface area contributed by atoms with Crippen LogP contribution in [0, 0.1) is 0 Å². The van der Waals surface area contributed by atoms with Gasteiger partial charge in [0.05, 0.1) is 6.04 Å². The standard InChI is InChI=1S/C13H27N3O/c1-5-8-14-13(17)11(3)15-9-10(2)16(4)12-6-7-12/h10-12,15H,5-9H2,1-4H3,(H,14,17). The van der Waals surface area contributed by atoms with Crippen LogP contribution >= 0.6 is 0 Å². The molecule has 1 aliphatic carbocycles. The molecule has 2 unspecified atom stereocenters. The Morgan fingerprint density at radius 3 is 2.59 bits per heavy atom. The smallest absolute Gasteiger partial charge is 0.236 e. The maximum absolute atomic E-state index is 11.6. The van der Waals surface area contributed by atoms with Crippen molar-refractivity contribution in [1.29, 1.82) is 0 Å². The molecule has 0 heterocycles. The molecule has 2 atom stereocenters. The van der Waals surface area contributed by atoms with Crippen LogP contribution in [0.1, 0.15) is 40.0 Å². The van der Waals surface area contributed by atoms with Crippen molar-refractivity contribution >= 4 is 5.91 Å². The highest BCUT2D eigenvalue weighted by Gasteiger charge is 2.29. The van der Waals surface area contributed by atoms with Gasteiger partial charge in [-0.2, -0.15) is 0 Å². The zero-order valence-corrected chi connectivity index (χ0v) is 11.6. The summed E-state index contributed by atoms with van der Waals surface area (Å²) < 4.78 is 0. The lowest BCUT2D eigenvalue weighted by atomic mass is 10.2. The van der Waals surface area contributed by atoms with Crippen LogP contribution in [0.25, 0.3) is 0 Å². The fraction of sp³-hybridized carbons (Fsp3) is 0.923. The molecular formula is C13H27N3O. The average Bonchev–Trinajstić information content (AvgIpc) is 3.15. The molecule has 1 rings (SSSR count). The van der Waals surface area contributed by atoms with Gasteiger partial charge in [-0.3, -0.25) is 9.69 Å². The van der Waals surface area contributed by atoms with Crippen molar-refractivity contribution in [2.75, 3.05) is 20.1 Å². The Bertz CT molecular complexity index is 241. The first-order valence-corrected chi connectivity index (χ1v) is 6.79. The third-order valence-corrected chi connectivity index (χ3v) is 3.48. The molecule has 2 N–H and O–H groups in total. The maximum Gasteiger partial charge on any atom is 0.236 e. The van der Waals surface area contributed by atoms with Gasteiger partial charge in [-0.15, -0.1) is 0 Å². The summed E-state index contributed by atoms with van der Waals surface area (Å²) in [6.45, 7) is 7.83. The molecule has 4 heteroatoms. The Kier molecular flexibility index (Phi) is 5.92. The predicted molar refractivity (Wildman–Crippen MR) is 71.0 cm³/mol. The van der Waals surface area contributed by atoms with Crippen molar-refractivity contribution in [2.24, 2.45) is 0 Å². The highest BCUT2D eigenvalue weighted by molar-refractivity contribution is 5.81. The summed E-state index contributed by atoms with van der Waals surface area (Å²) in [7, 11) is 2.17. The minimum Gasteiger partial charge on any atom is -0.355 e. The molecule has 1 fully saturated rings. The maximum atomic E-state index is 11.6. The van der Waals surface area contributed by atoms with Gasteiger partial charge >= 0.3 is 0 Å². The van der Waals surface area contributed by atoms with Crippen molar-refractivity contribution in [1.82, 2.24) is 15.5 Å². The normalized spacial score (nSPS) is 19.1. The largest absolute Gasteiger partial charge is 0.355 e. The first kappa shape index (κ1) is 14.5. The van der Waals surface area contributed by atoms with E-state index in [9.17, 15) is 4.79 Å². The summed E-state index contributed by atoms with van der Waals surface area (Å²) in [4.78, 5) is 14.0. The van der Waals surface area contributed by atoms with E-state index in [0.29, 0.717) is 6.04 Å². The van der Waals surface area contributed by atoms with Crippen molar-refractivity contribution in [2.45, 2.75) is 58.2 Å². The predicted octanol–water partition coefficient (Wildman–Crippen LogP) is 0.973. The second kappa shape index (κ2) is 6.97. The first-order valence-electron chi connectivity index (χ1n) is 6.79. The van der Waals surface area contributed by atoms with Gasteiger partial charge in [-0.05, 0) is 40.2 Å². The molecule has 0 spiro atoms. The van der Waals surface area contributed by atoms with Crippen molar-refractivity contribution in [3.05, 3.63) is 0 Å². The Morgan fingerprint density at radius 1 is 1.41 bits per heavy atom. The molecule has 4 nitrogen and oxygen atoms in total. The lowest BCUT2D eigenvalue weighted by Crippen LogP contribution is -2.47. The summed E-state index contributed by atoms with van der Waals surface area (Å²) in [6, 6.07) is 1.16. The van der Waals surface area contributed by atoms with Crippen LogP contribution in [-0.4, -0.2) is 49.1 Å². The number of rotatable bonds is 8. The van der Waals surface area contributed by atoms with Crippen molar-refractivity contribution in [3.8, 4) is 0 Å². The number of likely N-dealkylation sites (N-methyl/N-ethyl adjacent to an activating group) is 1. The molecule has 0 aliphatic heterocycles. The van der Waals surface area contributed by atoms with Crippen LogP contribution in [0.5, 0.6) is 0 Å². The van der Waals surface area contributed by atoms with Gasteiger partial charge in [0, 0.05) is 25.2 Å². The lowest BCUT2D eigenvalue weighted by Gasteiger charge is -2.26. The second-order valence-electron chi connectivity index (χ2n) is 5.17. The van der Waals surface area contributed by atoms with E-state index in [4.69, 9.17) is 0 Å². The second-order valence-corrected chi connectivity index (χ2v) is 5.17. The van der Waals surface area contributed by atoms with Gasteiger partial charge < -0.3 is 10.6 Å². The topological polar surface area (TPSA) is 44.4 Å². The SMILES string of the molecule is CCCNC(=O)C(C)NCC(C)N(C)C1CC1. The molecule has 1 amide bonds. The Labute approximate surface area is 105 Å². The Morgan fingerprint density at radius 2 is 2.06 bits per heavy atom. The number of nitrogens with one attached hydrogen (secondary N) is 2. The van der Waals surface area contributed by atoms with Gasteiger partial charge in [-0.25, -0.2) is 0 Å². The van der Waals surface area contributed by atoms with Crippen LogP contribution in [0.2, 0.25) is 0 Å². The van der Waals surface area contributed by atoms with E-state index in [1.54, 1.807) is 0 Å². The summed E-state index contributed by atoms with van der Waals surface area (Å²) in [5.41, 5.74) is 0.